The summed E-state index contributed by atoms with van der Waals surface area (Å²) >= 11 is 12.0. The van der Waals surface area contributed by atoms with Crippen molar-refractivity contribution in [1.29, 1.82) is 0 Å². The molecule has 0 saturated carbocycles. The molecule has 0 radical (unpaired) electrons. The fraction of sp³-hybridized carbons (Fsp3) is 0.440. The Hall–Kier alpha value is -1.71. The maximum atomic E-state index is 13.8. The zero-order valence-corrected chi connectivity index (χ0v) is 20.4. The Bertz CT molecular complexity index is 920. The van der Waals surface area contributed by atoms with E-state index in [1.165, 1.54) is 17.7 Å². The first kappa shape index (κ1) is 24.6. The van der Waals surface area contributed by atoms with Crippen molar-refractivity contribution in [2.75, 3.05) is 11.4 Å². The zero-order valence-electron chi connectivity index (χ0n) is 18.9. The summed E-state index contributed by atoms with van der Waals surface area (Å²) in [7, 11) is 0. The third-order valence-electron chi connectivity index (χ3n) is 4.89. The molecule has 0 aliphatic heterocycles. The van der Waals surface area contributed by atoms with E-state index in [9.17, 15) is 4.39 Å². The van der Waals surface area contributed by atoms with E-state index < -0.39 is 0 Å². The van der Waals surface area contributed by atoms with E-state index in [0.29, 0.717) is 11.6 Å². The number of halogens is 3. The normalized spacial score (nSPS) is 12.8. The average molecular weight is 452 g/mol. The minimum Gasteiger partial charge on any atom is -0.475 e. The molecule has 0 amide bonds. The van der Waals surface area contributed by atoms with Crippen LogP contribution in [0.2, 0.25) is 0 Å². The molecule has 0 aliphatic carbocycles. The molecule has 0 spiro atoms. The second-order valence-corrected chi connectivity index (χ2v) is 10.4. The van der Waals surface area contributed by atoms with Crippen LogP contribution in [-0.4, -0.2) is 6.07 Å². The second kappa shape index (κ2) is 9.62. The van der Waals surface area contributed by atoms with E-state index in [1.54, 1.807) is 19.1 Å². The maximum absolute atomic E-state index is 13.8. The zero-order chi connectivity index (χ0) is 22.7. The minimum absolute atomic E-state index is 0.0323. The van der Waals surface area contributed by atoms with Gasteiger partial charge < -0.3 is 10.1 Å². The van der Waals surface area contributed by atoms with Crippen LogP contribution in [0.15, 0.2) is 35.4 Å². The SMILES string of the molecule is C/C(Cl)=C/c1cc(F)ccc1CNc1cc(C(C)(C)C)cc(C(C)(C)C)c1OCCl. The van der Waals surface area contributed by atoms with Crippen molar-refractivity contribution in [2.24, 2.45) is 0 Å². The van der Waals surface area contributed by atoms with Crippen molar-refractivity contribution >= 4 is 35.0 Å². The third-order valence-corrected chi connectivity index (χ3v) is 5.11. The lowest BCUT2D eigenvalue weighted by molar-refractivity contribution is 0.374. The molecule has 2 aromatic rings. The molecule has 1 N–H and O–H groups in total. The van der Waals surface area contributed by atoms with Gasteiger partial charge in [0.25, 0.3) is 0 Å². The lowest BCUT2D eigenvalue weighted by Crippen LogP contribution is -2.19. The Kier molecular flexibility index (Phi) is 7.87. The summed E-state index contributed by atoms with van der Waals surface area (Å²) in [6.45, 7) is 15.3. The topological polar surface area (TPSA) is 21.3 Å². The predicted molar refractivity (Wildman–Crippen MR) is 128 cm³/mol. The molecule has 2 aromatic carbocycles. The van der Waals surface area contributed by atoms with Crippen LogP contribution in [0.5, 0.6) is 5.75 Å². The highest BCUT2D eigenvalue weighted by atomic mass is 35.5. The van der Waals surface area contributed by atoms with Crippen LogP contribution < -0.4 is 10.1 Å². The highest BCUT2D eigenvalue weighted by Gasteiger charge is 2.26. The first-order chi connectivity index (χ1) is 13.8. The molecular formula is C25H32Cl2FNO. The first-order valence-corrected chi connectivity index (χ1v) is 11.0. The van der Waals surface area contributed by atoms with Gasteiger partial charge in [-0.1, -0.05) is 76.9 Å². The van der Waals surface area contributed by atoms with E-state index in [0.717, 1.165) is 28.1 Å². The third kappa shape index (κ3) is 6.39. The Labute approximate surface area is 190 Å². The average Bonchev–Trinajstić information content (AvgIpc) is 2.59. The van der Waals surface area contributed by atoms with Gasteiger partial charge in [0, 0.05) is 17.1 Å². The van der Waals surface area contributed by atoms with Gasteiger partial charge in [-0.3, -0.25) is 0 Å². The van der Waals surface area contributed by atoms with Crippen molar-refractivity contribution in [1.82, 2.24) is 0 Å². The Morgan fingerprint density at radius 1 is 1.07 bits per heavy atom. The highest BCUT2D eigenvalue weighted by Crippen LogP contribution is 2.41. The van der Waals surface area contributed by atoms with Gasteiger partial charge in [-0.2, -0.15) is 0 Å². The van der Waals surface area contributed by atoms with Crippen LogP contribution in [0, 0.1) is 5.82 Å². The first-order valence-electron chi connectivity index (χ1n) is 10.1. The number of hydrogen-bond donors (Lipinski definition) is 1. The Morgan fingerprint density at radius 3 is 2.27 bits per heavy atom. The molecule has 0 aliphatic rings. The van der Waals surface area contributed by atoms with E-state index in [2.05, 4.69) is 59.0 Å². The quantitative estimate of drug-likeness (QED) is 0.446. The maximum Gasteiger partial charge on any atom is 0.162 e. The molecular weight excluding hydrogens is 420 g/mol. The van der Waals surface area contributed by atoms with Crippen molar-refractivity contribution in [3.8, 4) is 5.75 Å². The minimum atomic E-state index is -0.293. The number of allylic oxidation sites excluding steroid dienone is 1. The Balaban J connectivity index is 2.55. The van der Waals surface area contributed by atoms with E-state index in [-0.39, 0.29) is 22.7 Å². The molecule has 0 fully saturated rings. The summed E-state index contributed by atoms with van der Waals surface area (Å²) in [5.74, 6) is 0.456. The van der Waals surface area contributed by atoms with Crippen LogP contribution in [0.3, 0.4) is 0 Å². The van der Waals surface area contributed by atoms with E-state index >= 15 is 0 Å². The van der Waals surface area contributed by atoms with Crippen LogP contribution in [0.1, 0.15) is 70.7 Å². The monoisotopic (exact) mass is 451 g/mol. The molecule has 0 atom stereocenters. The summed E-state index contributed by atoms with van der Waals surface area (Å²) in [5, 5.41) is 4.09. The van der Waals surface area contributed by atoms with Crippen molar-refractivity contribution in [2.45, 2.75) is 65.8 Å². The van der Waals surface area contributed by atoms with Crippen LogP contribution >= 0.6 is 23.2 Å². The van der Waals surface area contributed by atoms with Crippen LogP contribution in [-0.2, 0) is 17.4 Å². The van der Waals surface area contributed by atoms with E-state index in [4.69, 9.17) is 27.9 Å². The molecule has 0 bridgehead atoms. The summed E-state index contributed by atoms with van der Waals surface area (Å²) in [6.07, 6.45) is 1.77. The van der Waals surface area contributed by atoms with Gasteiger partial charge >= 0.3 is 0 Å². The van der Waals surface area contributed by atoms with Gasteiger partial charge in [0.15, 0.2) is 6.07 Å². The fourth-order valence-corrected chi connectivity index (χ4v) is 3.45. The van der Waals surface area contributed by atoms with Crippen molar-refractivity contribution in [3.63, 3.8) is 0 Å². The molecule has 0 saturated heterocycles. The molecule has 0 heterocycles. The van der Waals surface area contributed by atoms with Gasteiger partial charge in [-0.25, -0.2) is 4.39 Å². The van der Waals surface area contributed by atoms with Gasteiger partial charge in [0.05, 0.1) is 5.69 Å². The van der Waals surface area contributed by atoms with Crippen LogP contribution in [0.4, 0.5) is 10.1 Å². The largest absolute Gasteiger partial charge is 0.475 e. The molecule has 5 heteroatoms. The van der Waals surface area contributed by atoms with Gasteiger partial charge in [-0.05, 0) is 58.7 Å². The van der Waals surface area contributed by atoms with Crippen molar-refractivity contribution in [3.05, 3.63) is 63.4 Å². The van der Waals surface area contributed by atoms with Gasteiger partial charge in [-0.15, -0.1) is 0 Å². The highest BCUT2D eigenvalue weighted by molar-refractivity contribution is 6.31. The molecule has 2 nitrogen and oxygen atoms in total. The number of alkyl halides is 1. The van der Waals surface area contributed by atoms with Gasteiger partial charge in [0.1, 0.15) is 11.6 Å². The number of ether oxygens (including phenoxy) is 1. The number of anilines is 1. The molecule has 30 heavy (non-hydrogen) atoms. The summed E-state index contributed by atoms with van der Waals surface area (Å²) in [5.41, 5.74) is 4.69. The number of rotatable bonds is 6. The lowest BCUT2D eigenvalue weighted by Gasteiger charge is -2.29. The molecule has 0 unspecified atom stereocenters. The van der Waals surface area contributed by atoms with E-state index in [1.807, 2.05) is 0 Å². The predicted octanol–water partition coefficient (Wildman–Crippen LogP) is 8.21. The summed E-state index contributed by atoms with van der Waals surface area (Å²) < 4.78 is 19.6. The molecule has 0 aromatic heterocycles. The van der Waals surface area contributed by atoms with Crippen molar-refractivity contribution < 1.29 is 9.13 Å². The smallest absolute Gasteiger partial charge is 0.162 e. The standard InChI is InChI=1S/C25H32Cl2FNO/c1-16(27)10-18-11-20(28)9-8-17(18)14-29-22-13-19(24(2,3)4)12-21(25(5,6)7)23(22)30-15-26/h8-13,29H,14-15H2,1-7H3/b16-10-. The summed E-state index contributed by atoms with van der Waals surface area (Å²) in [6, 6.07) is 9.10. The Morgan fingerprint density at radius 2 is 1.73 bits per heavy atom. The number of benzene rings is 2. The fourth-order valence-electron chi connectivity index (χ4n) is 3.23. The number of hydrogen-bond acceptors (Lipinski definition) is 2. The van der Waals surface area contributed by atoms with Crippen LogP contribution in [0.25, 0.3) is 6.08 Å². The molecule has 164 valence electrons. The second-order valence-electron chi connectivity index (χ2n) is 9.58. The summed E-state index contributed by atoms with van der Waals surface area (Å²) in [4.78, 5) is 0. The number of nitrogens with one attached hydrogen (secondary N) is 1. The van der Waals surface area contributed by atoms with Gasteiger partial charge in [0.2, 0.25) is 0 Å². The lowest BCUT2D eigenvalue weighted by atomic mass is 9.79. The molecule has 2 rings (SSSR count).